The highest BCUT2D eigenvalue weighted by Gasteiger charge is 2.30. The van der Waals surface area contributed by atoms with Crippen molar-refractivity contribution in [1.29, 1.82) is 0 Å². The van der Waals surface area contributed by atoms with Crippen molar-refractivity contribution in [3.8, 4) is 11.8 Å². The predicted octanol–water partition coefficient (Wildman–Crippen LogP) is 1.78. The number of rotatable bonds is 4. The monoisotopic (exact) mass is 354 g/mol. The van der Waals surface area contributed by atoms with Gasteiger partial charge in [-0.15, -0.1) is 0 Å². The van der Waals surface area contributed by atoms with E-state index in [1.807, 2.05) is 12.1 Å². The van der Waals surface area contributed by atoms with Crippen LogP contribution in [0, 0.1) is 17.8 Å². The summed E-state index contributed by atoms with van der Waals surface area (Å²) in [6, 6.07) is 7.06. The first-order valence-electron chi connectivity index (χ1n) is 8.53. The van der Waals surface area contributed by atoms with Crippen LogP contribution in [0.2, 0.25) is 0 Å². The molecular formula is C20H22N2O4. The number of ether oxygens (including phenoxy) is 1. The Bertz CT molecular complexity index is 812. The summed E-state index contributed by atoms with van der Waals surface area (Å²) in [6.07, 6.45) is 4.34. The van der Waals surface area contributed by atoms with Gasteiger partial charge in [0.25, 0.3) is 5.91 Å². The summed E-state index contributed by atoms with van der Waals surface area (Å²) in [5, 5.41) is 12.6. The van der Waals surface area contributed by atoms with Gasteiger partial charge >= 0.3 is 0 Å². The van der Waals surface area contributed by atoms with Crippen molar-refractivity contribution in [2.75, 3.05) is 13.2 Å². The fraction of sp³-hybridized carbons (Fsp3) is 0.400. The molecule has 136 valence electrons. The second-order valence-corrected chi connectivity index (χ2v) is 6.91. The Labute approximate surface area is 152 Å². The fourth-order valence-electron chi connectivity index (χ4n) is 2.76. The number of pyridine rings is 1. The number of hydrogen-bond donors (Lipinski definition) is 2. The zero-order valence-electron chi connectivity index (χ0n) is 14.9. The van der Waals surface area contributed by atoms with E-state index in [-0.39, 0.29) is 23.6 Å². The zero-order chi connectivity index (χ0) is 18.6. The predicted molar refractivity (Wildman–Crippen MR) is 95.4 cm³/mol. The van der Waals surface area contributed by atoms with Crippen LogP contribution >= 0.6 is 0 Å². The molecule has 0 aromatic carbocycles. The molecule has 2 aromatic rings. The van der Waals surface area contributed by atoms with Crippen LogP contribution in [0.4, 0.5) is 0 Å². The van der Waals surface area contributed by atoms with Crippen molar-refractivity contribution in [1.82, 2.24) is 10.3 Å². The number of carbonyl (C=O) groups excluding carboxylic acids is 1. The van der Waals surface area contributed by atoms with Gasteiger partial charge in [-0.3, -0.25) is 9.78 Å². The minimum Gasteiger partial charge on any atom is -0.443 e. The van der Waals surface area contributed by atoms with Gasteiger partial charge in [-0.25, -0.2) is 0 Å². The van der Waals surface area contributed by atoms with E-state index in [0.29, 0.717) is 19.0 Å². The van der Waals surface area contributed by atoms with E-state index in [1.54, 1.807) is 38.4 Å². The van der Waals surface area contributed by atoms with Gasteiger partial charge < -0.3 is 19.6 Å². The molecule has 0 bridgehead atoms. The lowest BCUT2D eigenvalue weighted by atomic mass is 9.95. The molecule has 2 aromatic heterocycles. The number of hydrogen-bond acceptors (Lipinski definition) is 5. The highest BCUT2D eigenvalue weighted by atomic mass is 16.5. The van der Waals surface area contributed by atoms with E-state index >= 15 is 0 Å². The van der Waals surface area contributed by atoms with Gasteiger partial charge in [0.15, 0.2) is 11.5 Å². The quantitative estimate of drug-likeness (QED) is 0.818. The number of amides is 1. The summed E-state index contributed by atoms with van der Waals surface area (Å²) in [5.74, 6) is 5.81. The highest BCUT2D eigenvalue weighted by Crippen LogP contribution is 2.19. The third kappa shape index (κ3) is 4.94. The van der Waals surface area contributed by atoms with Crippen molar-refractivity contribution in [3.05, 3.63) is 53.7 Å². The normalized spacial score (nSPS) is 19.7. The fourth-order valence-corrected chi connectivity index (χ4v) is 2.76. The van der Waals surface area contributed by atoms with Crippen LogP contribution in [0.1, 0.15) is 35.7 Å². The summed E-state index contributed by atoms with van der Waals surface area (Å²) in [5.41, 5.74) is 0.0493. The largest absolute Gasteiger partial charge is 0.443 e. The van der Waals surface area contributed by atoms with Gasteiger partial charge in [0, 0.05) is 18.3 Å². The molecule has 0 saturated carbocycles. The van der Waals surface area contributed by atoms with Crippen molar-refractivity contribution in [2.45, 2.75) is 31.9 Å². The van der Waals surface area contributed by atoms with E-state index in [4.69, 9.17) is 9.15 Å². The number of carbonyl (C=O) groups is 1. The number of aromatic nitrogens is 1. The third-order valence-corrected chi connectivity index (χ3v) is 4.08. The van der Waals surface area contributed by atoms with Gasteiger partial charge in [-0.05, 0) is 56.0 Å². The minimum atomic E-state index is -1.11. The molecule has 2 atom stereocenters. The Hall–Kier alpha value is -2.62. The van der Waals surface area contributed by atoms with E-state index in [9.17, 15) is 9.90 Å². The van der Waals surface area contributed by atoms with E-state index in [0.717, 1.165) is 12.0 Å². The van der Waals surface area contributed by atoms with Crippen LogP contribution < -0.4 is 5.32 Å². The van der Waals surface area contributed by atoms with E-state index in [2.05, 4.69) is 22.1 Å². The van der Waals surface area contributed by atoms with Crippen molar-refractivity contribution in [2.24, 2.45) is 5.92 Å². The number of nitrogens with zero attached hydrogens (tertiary/aromatic N) is 1. The molecule has 3 heterocycles. The third-order valence-electron chi connectivity index (χ3n) is 4.08. The first kappa shape index (κ1) is 18.2. The molecule has 0 spiro atoms. The van der Waals surface area contributed by atoms with Gasteiger partial charge in [0.2, 0.25) is 0 Å². The first-order valence-corrected chi connectivity index (χ1v) is 8.53. The lowest BCUT2D eigenvalue weighted by Crippen LogP contribution is -2.40. The molecule has 2 N–H and O–H groups in total. The minimum absolute atomic E-state index is 0.0772. The summed E-state index contributed by atoms with van der Waals surface area (Å²) in [7, 11) is 0. The molecule has 1 amide bonds. The first-order chi connectivity index (χ1) is 12.4. The molecule has 6 heteroatoms. The molecule has 6 nitrogen and oxygen atoms in total. The maximum atomic E-state index is 12.4. The Balaban J connectivity index is 1.62. The second kappa shape index (κ2) is 7.73. The summed E-state index contributed by atoms with van der Waals surface area (Å²) >= 11 is 0. The molecule has 26 heavy (non-hydrogen) atoms. The number of aliphatic hydroxyl groups is 1. The summed E-state index contributed by atoms with van der Waals surface area (Å²) in [4.78, 5) is 16.5. The van der Waals surface area contributed by atoms with E-state index < -0.39 is 5.60 Å². The maximum absolute atomic E-state index is 12.4. The Kier molecular flexibility index (Phi) is 5.40. The zero-order valence-corrected chi connectivity index (χ0v) is 14.9. The smallest absolute Gasteiger partial charge is 0.287 e. The van der Waals surface area contributed by atoms with Gasteiger partial charge in [-0.2, -0.15) is 0 Å². The Morgan fingerprint density at radius 2 is 2.08 bits per heavy atom. The molecule has 3 rings (SSSR count). The molecule has 1 fully saturated rings. The Morgan fingerprint density at radius 1 is 1.31 bits per heavy atom. The van der Waals surface area contributed by atoms with Crippen LogP contribution in [0.5, 0.6) is 0 Å². The van der Waals surface area contributed by atoms with Crippen LogP contribution in [0.25, 0.3) is 0 Å². The van der Waals surface area contributed by atoms with E-state index in [1.165, 1.54) is 0 Å². The molecule has 1 aliphatic heterocycles. The van der Waals surface area contributed by atoms with Gasteiger partial charge in [-0.1, -0.05) is 5.92 Å². The average molecular weight is 354 g/mol. The molecule has 0 radical (unpaired) electrons. The summed E-state index contributed by atoms with van der Waals surface area (Å²) < 4.78 is 11.0. The van der Waals surface area contributed by atoms with Crippen LogP contribution in [-0.2, 0) is 11.2 Å². The highest BCUT2D eigenvalue weighted by molar-refractivity contribution is 5.91. The molecule has 0 aliphatic carbocycles. The topological polar surface area (TPSA) is 84.6 Å². The summed E-state index contributed by atoms with van der Waals surface area (Å²) in [6.45, 7) is 4.25. The standard InChI is InChI=1S/C20H22N2O4/c1-20(2,24)8-5-16-3-4-18(26-16)19(23)22-17-13-25-12-15(17)11-14-6-9-21-10-7-14/h3-4,6-7,9-10,15,17,24H,11-13H2,1-2H3,(H,22,23)/t15-,17-/m1/s1. The van der Waals surface area contributed by atoms with Gasteiger partial charge in [0.1, 0.15) is 5.60 Å². The number of nitrogens with one attached hydrogen (secondary N) is 1. The SMILES string of the molecule is CC(C)(O)C#Cc1ccc(C(=O)N[C@@H]2COC[C@H]2Cc2ccncc2)o1. The average Bonchev–Trinajstić information content (AvgIpc) is 3.23. The van der Waals surface area contributed by atoms with Crippen LogP contribution in [-0.4, -0.2) is 40.9 Å². The molecule has 1 saturated heterocycles. The van der Waals surface area contributed by atoms with Crippen molar-refractivity contribution < 1.29 is 19.1 Å². The van der Waals surface area contributed by atoms with Gasteiger partial charge in [0.05, 0.1) is 19.3 Å². The van der Waals surface area contributed by atoms with Crippen molar-refractivity contribution in [3.63, 3.8) is 0 Å². The lowest BCUT2D eigenvalue weighted by molar-refractivity contribution is 0.0896. The lowest BCUT2D eigenvalue weighted by Gasteiger charge is -2.18. The maximum Gasteiger partial charge on any atom is 0.287 e. The Morgan fingerprint density at radius 3 is 2.81 bits per heavy atom. The second-order valence-electron chi connectivity index (χ2n) is 6.91. The molecular weight excluding hydrogens is 332 g/mol. The molecule has 1 aliphatic rings. The number of furan rings is 1. The van der Waals surface area contributed by atoms with Crippen LogP contribution in [0.3, 0.4) is 0 Å². The van der Waals surface area contributed by atoms with Crippen LogP contribution in [0.15, 0.2) is 41.1 Å². The molecule has 0 unspecified atom stereocenters. The van der Waals surface area contributed by atoms with Crippen molar-refractivity contribution >= 4 is 5.91 Å².